The van der Waals surface area contributed by atoms with Crippen LogP contribution in [0.15, 0.2) is 0 Å². The van der Waals surface area contributed by atoms with Crippen molar-refractivity contribution < 1.29 is 19.1 Å². The van der Waals surface area contributed by atoms with Crippen LogP contribution in [-0.4, -0.2) is 54.1 Å². The number of carbonyl (C=O) groups is 3. The monoisotopic (exact) mass is 313 g/mol. The lowest BCUT2D eigenvalue weighted by Crippen LogP contribution is -2.40. The van der Waals surface area contributed by atoms with Crippen molar-refractivity contribution in [3.8, 4) is 0 Å². The number of ether oxygens (including phenoxy) is 1. The Labute approximate surface area is 131 Å². The van der Waals surface area contributed by atoms with Gasteiger partial charge in [0.1, 0.15) is 5.60 Å². The molecule has 22 heavy (non-hydrogen) atoms. The van der Waals surface area contributed by atoms with E-state index in [9.17, 15) is 14.4 Å². The van der Waals surface area contributed by atoms with E-state index in [2.05, 4.69) is 10.6 Å². The SMILES string of the molecule is CC(C)N1CC(C(=O)NCCNC(=O)OC(C)(C)C)CC1=O. The first kappa shape index (κ1) is 18.3. The molecule has 0 radical (unpaired) electrons. The minimum absolute atomic E-state index is 0.0158. The number of likely N-dealkylation sites (tertiary alicyclic amines) is 1. The third-order valence-electron chi connectivity index (χ3n) is 3.25. The molecule has 0 spiro atoms. The fourth-order valence-electron chi connectivity index (χ4n) is 2.22. The standard InChI is InChI=1S/C15H27N3O4/c1-10(2)18-9-11(8-12(18)19)13(20)16-6-7-17-14(21)22-15(3,4)5/h10-11H,6-9H2,1-5H3,(H,16,20)(H,17,21). The topological polar surface area (TPSA) is 87.7 Å². The van der Waals surface area contributed by atoms with E-state index >= 15 is 0 Å². The summed E-state index contributed by atoms with van der Waals surface area (Å²) < 4.78 is 5.08. The summed E-state index contributed by atoms with van der Waals surface area (Å²) in [4.78, 5) is 36.9. The van der Waals surface area contributed by atoms with Crippen LogP contribution in [0.2, 0.25) is 0 Å². The van der Waals surface area contributed by atoms with Gasteiger partial charge in [0.2, 0.25) is 11.8 Å². The van der Waals surface area contributed by atoms with E-state index in [4.69, 9.17) is 4.74 Å². The maximum absolute atomic E-state index is 12.0. The minimum atomic E-state index is -0.544. The summed E-state index contributed by atoms with van der Waals surface area (Å²) in [6.45, 7) is 10.3. The summed E-state index contributed by atoms with van der Waals surface area (Å²) in [5.74, 6) is -0.444. The molecule has 1 aliphatic heterocycles. The molecule has 2 N–H and O–H groups in total. The van der Waals surface area contributed by atoms with Crippen molar-refractivity contribution in [3.05, 3.63) is 0 Å². The zero-order valence-corrected chi connectivity index (χ0v) is 14.1. The number of hydrogen-bond donors (Lipinski definition) is 2. The lowest BCUT2D eigenvalue weighted by atomic mass is 10.1. The summed E-state index contributed by atoms with van der Waals surface area (Å²) in [5, 5.41) is 5.30. The minimum Gasteiger partial charge on any atom is -0.444 e. The van der Waals surface area contributed by atoms with E-state index in [0.29, 0.717) is 13.1 Å². The summed E-state index contributed by atoms with van der Waals surface area (Å²) in [6.07, 6.45) is -0.257. The third kappa shape index (κ3) is 5.91. The van der Waals surface area contributed by atoms with Crippen LogP contribution in [0.25, 0.3) is 0 Å². The summed E-state index contributed by atoms with van der Waals surface area (Å²) in [6, 6.07) is 0.110. The first-order valence-electron chi connectivity index (χ1n) is 7.64. The third-order valence-corrected chi connectivity index (χ3v) is 3.25. The van der Waals surface area contributed by atoms with Gasteiger partial charge in [-0.05, 0) is 34.6 Å². The molecule has 0 aliphatic carbocycles. The number of nitrogens with zero attached hydrogens (tertiary/aromatic N) is 1. The Bertz CT molecular complexity index is 429. The zero-order chi connectivity index (χ0) is 16.9. The molecule has 1 fully saturated rings. The number of hydrogen-bond acceptors (Lipinski definition) is 4. The van der Waals surface area contributed by atoms with Crippen molar-refractivity contribution in [1.82, 2.24) is 15.5 Å². The molecule has 1 aliphatic rings. The normalized spacial score (nSPS) is 18.5. The average Bonchev–Trinajstić information content (AvgIpc) is 2.74. The maximum Gasteiger partial charge on any atom is 0.407 e. The van der Waals surface area contributed by atoms with Crippen molar-refractivity contribution in [2.24, 2.45) is 5.92 Å². The molecule has 0 bridgehead atoms. The molecule has 0 aromatic rings. The van der Waals surface area contributed by atoms with E-state index in [0.717, 1.165) is 0 Å². The molecule has 7 heteroatoms. The number of carbonyl (C=O) groups excluding carboxylic acids is 3. The summed E-state index contributed by atoms with van der Waals surface area (Å²) in [7, 11) is 0. The highest BCUT2D eigenvalue weighted by Crippen LogP contribution is 2.19. The Morgan fingerprint density at radius 1 is 1.27 bits per heavy atom. The van der Waals surface area contributed by atoms with Gasteiger partial charge in [-0.15, -0.1) is 0 Å². The van der Waals surface area contributed by atoms with Crippen LogP contribution in [0.5, 0.6) is 0 Å². The smallest absolute Gasteiger partial charge is 0.407 e. The Kier molecular flexibility index (Phi) is 6.20. The van der Waals surface area contributed by atoms with E-state index in [1.54, 1.807) is 25.7 Å². The Hall–Kier alpha value is -1.79. The molecule has 0 saturated carbocycles. The second kappa shape index (κ2) is 7.47. The van der Waals surface area contributed by atoms with Crippen LogP contribution in [0.3, 0.4) is 0 Å². The molecule has 1 heterocycles. The van der Waals surface area contributed by atoms with Crippen LogP contribution in [-0.2, 0) is 14.3 Å². The molecule has 126 valence electrons. The van der Waals surface area contributed by atoms with Gasteiger partial charge in [0.25, 0.3) is 0 Å². The van der Waals surface area contributed by atoms with E-state index in [-0.39, 0.29) is 36.7 Å². The number of rotatable bonds is 5. The fraction of sp³-hybridized carbons (Fsp3) is 0.800. The Morgan fingerprint density at radius 2 is 1.86 bits per heavy atom. The van der Waals surface area contributed by atoms with Gasteiger partial charge in [0, 0.05) is 32.1 Å². The van der Waals surface area contributed by atoms with E-state index < -0.39 is 11.7 Å². The second-order valence-electron chi connectivity index (χ2n) is 6.76. The molecule has 1 unspecified atom stereocenters. The maximum atomic E-state index is 12.0. The highest BCUT2D eigenvalue weighted by Gasteiger charge is 2.35. The lowest BCUT2D eigenvalue weighted by molar-refractivity contribution is -0.129. The number of amides is 3. The van der Waals surface area contributed by atoms with Gasteiger partial charge >= 0.3 is 6.09 Å². The molecule has 1 atom stereocenters. The van der Waals surface area contributed by atoms with Gasteiger partial charge in [0.15, 0.2) is 0 Å². The van der Waals surface area contributed by atoms with Crippen LogP contribution < -0.4 is 10.6 Å². The number of nitrogens with one attached hydrogen (secondary N) is 2. The molecular weight excluding hydrogens is 286 g/mol. The fourth-order valence-corrected chi connectivity index (χ4v) is 2.22. The van der Waals surface area contributed by atoms with E-state index in [1.165, 1.54) is 0 Å². The van der Waals surface area contributed by atoms with E-state index in [1.807, 2.05) is 13.8 Å². The van der Waals surface area contributed by atoms with Gasteiger partial charge in [-0.2, -0.15) is 0 Å². The molecule has 7 nitrogen and oxygen atoms in total. The average molecular weight is 313 g/mol. The van der Waals surface area contributed by atoms with Crippen molar-refractivity contribution in [2.75, 3.05) is 19.6 Å². The van der Waals surface area contributed by atoms with Gasteiger partial charge in [-0.3, -0.25) is 9.59 Å². The van der Waals surface area contributed by atoms with Crippen LogP contribution in [0.1, 0.15) is 41.0 Å². The van der Waals surface area contributed by atoms with Crippen molar-refractivity contribution in [3.63, 3.8) is 0 Å². The summed E-state index contributed by atoms with van der Waals surface area (Å²) in [5.41, 5.74) is -0.544. The molecule has 1 rings (SSSR count). The quantitative estimate of drug-likeness (QED) is 0.738. The number of alkyl carbamates (subject to hydrolysis) is 1. The highest BCUT2D eigenvalue weighted by atomic mass is 16.6. The first-order valence-corrected chi connectivity index (χ1v) is 7.64. The first-order chi connectivity index (χ1) is 10.1. The predicted molar refractivity (Wildman–Crippen MR) is 82.2 cm³/mol. The predicted octanol–water partition coefficient (Wildman–Crippen LogP) is 0.884. The van der Waals surface area contributed by atoms with Crippen molar-refractivity contribution in [1.29, 1.82) is 0 Å². The van der Waals surface area contributed by atoms with Crippen molar-refractivity contribution >= 4 is 17.9 Å². The van der Waals surface area contributed by atoms with Crippen LogP contribution in [0.4, 0.5) is 4.79 Å². The molecule has 1 saturated heterocycles. The summed E-state index contributed by atoms with van der Waals surface area (Å²) >= 11 is 0. The van der Waals surface area contributed by atoms with Gasteiger partial charge in [0.05, 0.1) is 5.92 Å². The highest BCUT2D eigenvalue weighted by molar-refractivity contribution is 5.89. The molecule has 3 amide bonds. The second-order valence-corrected chi connectivity index (χ2v) is 6.76. The van der Waals surface area contributed by atoms with Gasteiger partial charge in [-0.25, -0.2) is 4.79 Å². The lowest BCUT2D eigenvalue weighted by Gasteiger charge is -2.21. The van der Waals surface area contributed by atoms with Crippen molar-refractivity contribution in [2.45, 2.75) is 52.7 Å². The van der Waals surface area contributed by atoms with Gasteiger partial charge < -0.3 is 20.3 Å². The molecule has 0 aromatic carbocycles. The largest absolute Gasteiger partial charge is 0.444 e. The zero-order valence-electron chi connectivity index (χ0n) is 14.1. The Morgan fingerprint density at radius 3 is 2.36 bits per heavy atom. The Balaban J connectivity index is 2.25. The molecular formula is C15H27N3O4. The van der Waals surface area contributed by atoms with Crippen LogP contribution >= 0.6 is 0 Å². The van der Waals surface area contributed by atoms with Crippen LogP contribution in [0, 0.1) is 5.92 Å². The molecule has 0 aromatic heterocycles. The van der Waals surface area contributed by atoms with Gasteiger partial charge in [-0.1, -0.05) is 0 Å².